The van der Waals surface area contributed by atoms with Crippen molar-refractivity contribution in [3.63, 3.8) is 0 Å². The molecule has 3 heteroatoms. The average Bonchev–Trinajstić information content (AvgIpc) is 3.50. The predicted octanol–water partition coefficient (Wildman–Crippen LogP) is 12.6. The van der Waals surface area contributed by atoms with E-state index in [9.17, 15) is 0 Å². The highest BCUT2D eigenvalue weighted by molar-refractivity contribution is 7.26. The lowest BCUT2D eigenvalue weighted by molar-refractivity contribution is 0.591. The van der Waals surface area contributed by atoms with Crippen molar-refractivity contribution >= 4 is 64.0 Å². The van der Waals surface area contributed by atoms with Gasteiger partial charge >= 0.3 is 0 Å². The molecule has 0 atom stereocenters. The van der Waals surface area contributed by atoms with Crippen molar-refractivity contribution in [1.82, 2.24) is 9.97 Å². The Bertz CT molecular complexity index is 2650. The quantitative estimate of drug-likeness (QED) is 0.184. The van der Waals surface area contributed by atoms with Crippen molar-refractivity contribution in [3.8, 4) is 33.4 Å². The molecular weight excluding hydrogens is 589 g/mol. The summed E-state index contributed by atoms with van der Waals surface area (Å²) in [5.74, 6) is 0. The number of benzene rings is 7. The molecular formula is C44H32N2S. The average molecular weight is 621 g/mol. The summed E-state index contributed by atoms with van der Waals surface area (Å²) in [4.78, 5) is 9.25. The smallest absolute Gasteiger partial charge is 0.116 e. The Morgan fingerprint density at radius 2 is 1.15 bits per heavy atom. The monoisotopic (exact) mass is 620 g/mol. The third-order valence-corrected chi connectivity index (χ3v) is 10.8. The van der Waals surface area contributed by atoms with Gasteiger partial charge in [-0.1, -0.05) is 118 Å². The van der Waals surface area contributed by atoms with Crippen LogP contribution in [0.2, 0.25) is 0 Å². The largest absolute Gasteiger partial charge is 0.244 e. The Balaban J connectivity index is 1.15. The lowest BCUT2D eigenvalue weighted by Gasteiger charge is -2.20. The molecule has 7 aromatic carbocycles. The van der Waals surface area contributed by atoms with E-state index in [0.717, 1.165) is 16.3 Å². The molecule has 0 aliphatic rings. The molecule has 0 saturated heterocycles. The van der Waals surface area contributed by atoms with Gasteiger partial charge in [-0.2, -0.15) is 0 Å². The molecule has 0 N–H and O–H groups in total. The second-order valence-electron chi connectivity index (χ2n) is 13.5. The van der Waals surface area contributed by atoms with Gasteiger partial charge in [-0.05, 0) is 90.8 Å². The zero-order chi connectivity index (χ0) is 31.7. The normalized spacial score (nSPS) is 12.1. The van der Waals surface area contributed by atoms with Gasteiger partial charge in [-0.15, -0.1) is 11.3 Å². The van der Waals surface area contributed by atoms with Crippen LogP contribution in [0.1, 0.15) is 26.3 Å². The highest BCUT2D eigenvalue weighted by Gasteiger charge is 2.17. The standard InChI is InChI=1S/C44H32N2S/c1-44(2,3)32-18-20-34-35-19-17-30(23-39(35)42-40(38(34)24-32)25-45-26-46-42)28-10-6-9-27(21-28)29-11-7-12-31(22-29)33-14-8-15-37-36-13-4-5-16-41(36)47-43(33)37/h4-26H,1-3H3. The maximum atomic E-state index is 4.81. The van der Waals surface area contributed by atoms with Gasteiger partial charge in [0.25, 0.3) is 0 Å². The summed E-state index contributed by atoms with van der Waals surface area (Å²) in [5, 5.41) is 8.57. The molecule has 2 nitrogen and oxygen atoms in total. The number of nitrogens with zero attached hydrogens (tertiary/aromatic N) is 2. The Morgan fingerprint density at radius 1 is 0.489 bits per heavy atom. The highest BCUT2D eigenvalue weighted by Crippen LogP contribution is 2.41. The summed E-state index contributed by atoms with van der Waals surface area (Å²) >= 11 is 1.88. The van der Waals surface area contributed by atoms with E-state index in [4.69, 9.17) is 4.98 Å². The van der Waals surface area contributed by atoms with Crippen LogP contribution < -0.4 is 0 Å². The van der Waals surface area contributed by atoms with E-state index in [2.05, 4.69) is 153 Å². The van der Waals surface area contributed by atoms with Gasteiger partial charge in [0.15, 0.2) is 0 Å². The number of aromatic nitrogens is 2. The molecule has 0 radical (unpaired) electrons. The number of thiophene rings is 1. The van der Waals surface area contributed by atoms with Crippen LogP contribution >= 0.6 is 11.3 Å². The van der Waals surface area contributed by atoms with Gasteiger partial charge in [-0.25, -0.2) is 9.97 Å². The molecule has 47 heavy (non-hydrogen) atoms. The van der Waals surface area contributed by atoms with Gasteiger partial charge in [0.2, 0.25) is 0 Å². The number of fused-ring (bicyclic) bond motifs is 9. The second-order valence-corrected chi connectivity index (χ2v) is 14.6. The van der Waals surface area contributed by atoms with E-state index in [1.165, 1.54) is 75.3 Å². The first-order chi connectivity index (χ1) is 22.9. The van der Waals surface area contributed by atoms with Crippen molar-refractivity contribution in [3.05, 3.63) is 145 Å². The summed E-state index contributed by atoms with van der Waals surface area (Å²) in [6.07, 6.45) is 3.64. The summed E-state index contributed by atoms with van der Waals surface area (Å²) < 4.78 is 2.67. The van der Waals surface area contributed by atoms with Gasteiger partial charge in [0, 0.05) is 37.1 Å². The Labute approximate surface area is 278 Å². The molecule has 0 saturated carbocycles. The Morgan fingerprint density at radius 3 is 1.96 bits per heavy atom. The first-order valence-corrected chi connectivity index (χ1v) is 17.0. The van der Waals surface area contributed by atoms with Crippen LogP contribution in [0.3, 0.4) is 0 Å². The molecule has 0 unspecified atom stereocenters. The zero-order valence-corrected chi connectivity index (χ0v) is 27.4. The van der Waals surface area contributed by atoms with E-state index in [1.54, 1.807) is 6.33 Å². The number of hydrogen-bond donors (Lipinski definition) is 0. The molecule has 2 heterocycles. The molecule has 0 aliphatic heterocycles. The molecule has 2 aromatic heterocycles. The Hall–Kier alpha value is -5.38. The van der Waals surface area contributed by atoms with Gasteiger partial charge < -0.3 is 0 Å². The minimum absolute atomic E-state index is 0.0610. The van der Waals surface area contributed by atoms with E-state index in [-0.39, 0.29) is 5.41 Å². The SMILES string of the molecule is CC(C)(C)c1ccc2c(c1)c1cncnc1c1cc(-c3cccc(-c4cccc(-c5cccc6c5sc5ccccc56)c4)c3)ccc21. The minimum Gasteiger partial charge on any atom is -0.244 e. The summed E-state index contributed by atoms with van der Waals surface area (Å²) in [7, 11) is 0. The number of rotatable bonds is 3. The fraction of sp³-hybridized carbons (Fsp3) is 0.0909. The van der Waals surface area contributed by atoms with Crippen LogP contribution in [-0.4, -0.2) is 9.97 Å². The lowest BCUT2D eigenvalue weighted by atomic mass is 9.84. The highest BCUT2D eigenvalue weighted by atomic mass is 32.1. The summed E-state index contributed by atoms with van der Waals surface area (Å²) in [6.45, 7) is 6.78. The van der Waals surface area contributed by atoms with Crippen LogP contribution in [0.25, 0.3) is 86.0 Å². The first kappa shape index (κ1) is 27.9. The molecule has 224 valence electrons. The van der Waals surface area contributed by atoms with Gasteiger partial charge in [0.1, 0.15) is 6.33 Å². The Kier molecular flexibility index (Phi) is 6.28. The third-order valence-electron chi connectivity index (χ3n) is 9.56. The van der Waals surface area contributed by atoms with Crippen LogP contribution in [-0.2, 0) is 5.41 Å². The van der Waals surface area contributed by atoms with Crippen molar-refractivity contribution in [2.24, 2.45) is 0 Å². The fourth-order valence-electron chi connectivity index (χ4n) is 7.08. The number of hydrogen-bond acceptors (Lipinski definition) is 3. The van der Waals surface area contributed by atoms with Crippen molar-refractivity contribution in [2.75, 3.05) is 0 Å². The molecule has 0 aliphatic carbocycles. The molecule has 0 bridgehead atoms. The first-order valence-electron chi connectivity index (χ1n) is 16.1. The van der Waals surface area contributed by atoms with Crippen LogP contribution in [0.5, 0.6) is 0 Å². The minimum atomic E-state index is 0.0610. The predicted molar refractivity (Wildman–Crippen MR) is 202 cm³/mol. The fourth-order valence-corrected chi connectivity index (χ4v) is 8.32. The van der Waals surface area contributed by atoms with E-state index < -0.39 is 0 Å². The molecule has 0 fully saturated rings. The van der Waals surface area contributed by atoms with Crippen LogP contribution in [0, 0.1) is 0 Å². The maximum Gasteiger partial charge on any atom is 0.116 e. The van der Waals surface area contributed by atoms with Gasteiger partial charge in [-0.3, -0.25) is 0 Å². The summed E-state index contributed by atoms with van der Waals surface area (Å²) in [5.41, 5.74) is 9.67. The van der Waals surface area contributed by atoms with Gasteiger partial charge in [0.05, 0.1) is 5.52 Å². The van der Waals surface area contributed by atoms with E-state index in [1.807, 2.05) is 17.5 Å². The molecule has 0 amide bonds. The molecule has 9 aromatic rings. The second kappa shape index (κ2) is 10.6. The topological polar surface area (TPSA) is 25.8 Å². The summed E-state index contributed by atoms with van der Waals surface area (Å²) in [6, 6.07) is 47.0. The zero-order valence-electron chi connectivity index (χ0n) is 26.6. The van der Waals surface area contributed by atoms with E-state index >= 15 is 0 Å². The van der Waals surface area contributed by atoms with Crippen LogP contribution in [0.15, 0.2) is 140 Å². The van der Waals surface area contributed by atoms with Crippen molar-refractivity contribution in [2.45, 2.75) is 26.2 Å². The van der Waals surface area contributed by atoms with E-state index in [0.29, 0.717) is 0 Å². The van der Waals surface area contributed by atoms with Crippen LogP contribution in [0.4, 0.5) is 0 Å². The molecule has 0 spiro atoms. The molecule has 9 rings (SSSR count). The maximum absolute atomic E-state index is 4.81. The third kappa shape index (κ3) is 4.61. The lowest BCUT2D eigenvalue weighted by Crippen LogP contribution is -2.10. The van der Waals surface area contributed by atoms with Crippen molar-refractivity contribution < 1.29 is 0 Å². The van der Waals surface area contributed by atoms with Crippen molar-refractivity contribution in [1.29, 1.82) is 0 Å².